The third kappa shape index (κ3) is 1.87. The average molecular weight is 274 g/mol. The Hall–Kier alpha value is -0.470. The van der Waals surface area contributed by atoms with Gasteiger partial charge in [-0.2, -0.15) is 0 Å². The third-order valence-corrected chi connectivity index (χ3v) is 6.59. The van der Waals surface area contributed by atoms with Crippen molar-refractivity contribution in [1.82, 2.24) is 0 Å². The van der Waals surface area contributed by atoms with Crippen LogP contribution >= 0.6 is 12.0 Å². The highest BCUT2D eigenvalue weighted by atomic mass is 32.2. The molecule has 1 nitrogen and oxygen atoms in total. The first kappa shape index (κ1) is 12.3. The van der Waals surface area contributed by atoms with E-state index < -0.39 is 0 Å². The zero-order chi connectivity index (χ0) is 12.9. The van der Waals surface area contributed by atoms with E-state index in [1.54, 1.807) is 5.56 Å². The van der Waals surface area contributed by atoms with E-state index in [0.717, 1.165) is 34.7 Å². The molecular weight excluding hydrogens is 252 g/mol. The molecule has 0 amide bonds. The molecule has 102 valence electrons. The predicted octanol–water partition coefficient (Wildman–Crippen LogP) is 5.11. The van der Waals surface area contributed by atoms with Crippen LogP contribution in [0.25, 0.3) is 0 Å². The average Bonchev–Trinajstić information content (AvgIpc) is 2.62. The van der Waals surface area contributed by atoms with Crippen LogP contribution in [0, 0.1) is 17.8 Å². The molecule has 0 heterocycles. The van der Waals surface area contributed by atoms with Crippen LogP contribution < -0.4 is 0 Å². The molecule has 2 heteroatoms. The van der Waals surface area contributed by atoms with Gasteiger partial charge in [0.25, 0.3) is 0 Å². The van der Waals surface area contributed by atoms with Crippen LogP contribution in [0.1, 0.15) is 50.5 Å². The van der Waals surface area contributed by atoms with Gasteiger partial charge in [0.1, 0.15) is 0 Å². The third-order valence-electron chi connectivity index (χ3n) is 6.11. The number of hydrogen-bond acceptors (Lipinski definition) is 2. The first-order chi connectivity index (χ1) is 9.30. The van der Waals surface area contributed by atoms with Crippen molar-refractivity contribution < 1.29 is 4.55 Å². The van der Waals surface area contributed by atoms with Gasteiger partial charge in [-0.3, -0.25) is 0 Å². The Bertz CT molecular complexity index is 469. The summed E-state index contributed by atoms with van der Waals surface area (Å²) in [7, 11) is 0. The Labute approximate surface area is 120 Å². The maximum atomic E-state index is 9.13. The highest BCUT2D eigenvalue weighted by molar-refractivity contribution is 7.93. The van der Waals surface area contributed by atoms with E-state index in [1.165, 1.54) is 44.9 Å². The van der Waals surface area contributed by atoms with E-state index in [9.17, 15) is 0 Å². The van der Waals surface area contributed by atoms with Crippen molar-refractivity contribution in [2.24, 2.45) is 17.8 Å². The Morgan fingerprint density at radius 2 is 1.84 bits per heavy atom. The molecule has 3 aliphatic carbocycles. The maximum Gasteiger partial charge on any atom is 0.0351 e. The summed E-state index contributed by atoms with van der Waals surface area (Å²) >= 11 is 0.860. The summed E-state index contributed by atoms with van der Waals surface area (Å²) < 4.78 is 9.13. The Morgan fingerprint density at radius 3 is 2.63 bits per heavy atom. The zero-order valence-electron chi connectivity index (χ0n) is 11.3. The van der Waals surface area contributed by atoms with Crippen LogP contribution in [-0.4, -0.2) is 4.55 Å². The van der Waals surface area contributed by atoms with E-state index >= 15 is 0 Å². The van der Waals surface area contributed by atoms with E-state index in [2.05, 4.69) is 24.3 Å². The van der Waals surface area contributed by atoms with Crippen molar-refractivity contribution in [2.75, 3.05) is 0 Å². The standard InChI is InChI=1S/C17H22OS/c18-19-16-5-3-14(4-6-16)17-7-1-2-12-8-13(11-17)10-15(17)9-12/h3-6,12-13,15,18H,1-2,7-11H2. The molecule has 1 N–H and O–H groups in total. The van der Waals surface area contributed by atoms with Crippen LogP contribution in [0.15, 0.2) is 29.2 Å². The van der Waals surface area contributed by atoms with Gasteiger partial charge in [0.2, 0.25) is 0 Å². The largest absolute Gasteiger partial charge is 0.325 e. The van der Waals surface area contributed by atoms with E-state index in [1.807, 2.05) is 0 Å². The molecular formula is C17H22OS. The van der Waals surface area contributed by atoms with Crippen molar-refractivity contribution in [1.29, 1.82) is 0 Å². The van der Waals surface area contributed by atoms with Gasteiger partial charge in [-0.25, -0.2) is 0 Å². The summed E-state index contributed by atoms with van der Waals surface area (Å²) in [6.07, 6.45) is 10.2. The van der Waals surface area contributed by atoms with E-state index in [4.69, 9.17) is 4.55 Å². The van der Waals surface area contributed by atoms with Crippen molar-refractivity contribution in [3.05, 3.63) is 29.8 Å². The number of fused-ring (bicyclic) bond motifs is 2. The van der Waals surface area contributed by atoms with Gasteiger partial charge in [-0.1, -0.05) is 25.0 Å². The fraction of sp³-hybridized carbons (Fsp3) is 0.647. The molecule has 4 atom stereocenters. The lowest BCUT2D eigenvalue weighted by Gasteiger charge is -2.35. The molecule has 19 heavy (non-hydrogen) atoms. The van der Waals surface area contributed by atoms with Gasteiger partial charge in [-0.15, -0.1) is 0 Å². The topological polar surface area (TPSA) is 20.2 Å². The molecule has 3 fully saturated rings. The second kappa shape index (κ2) is 4.53. The fourth-order valence-electron chi connectivity index (χ4n) is 5.46. The molecule has 0 aliphatic heterocycles. The molecule has 0 spiro atoms. The summed E-state index contributed by atoms with van der Waals surface area (Å²) in [6, 6.07) is 8.78. The van der Waals surface area contributed by atoms with Crippen molar-refractivity contribution in [3.63, 3.8) is 0 Å². The zero-order valence-corrected chi connectivity index (χ0v) is 12.2. The Balaban J connectivity index is 1.74. The minimum absolute atomic E-state index is 0.481. The monoisotopic (exact) mass is 274 g/mol. The summed E-state index contributed by atoms with van der Waals surface area (Å²) in [4.78, 5) is 0.965. The minimum atomic E-state index is 0.481. The van der Waals surface area contributed by atoms with E-state index in [0.29, 0.717) is 5.41 Å². The van der Waals surface area contributed by atoms with Gasteiger partial charge < -0.3 is 4.55 Å². The second-order valence-corrected chi connectivity index (χ2v) is 7.66. The quantitative estimate of drug-likeness (QED) is 0.756. The molecule has 1 aromatic rings. The molecule has 3 bridgehead atoms. The normalized spacial score (nSPS) is 40.4. The highest BCUT2D eigenvalue weighted by Gasteiger charge is 2.52. The summed E-state index contributed by atoms with van der Waals surface area (Å²) in [5, 5.41) is 0. The second-order valence-electron chi connectivity index (χ2n) is 7.00. The molecule has 0 aromatic heterocycles. The van der Waals surface area contributed by atoms with Crippen LogP contribution in [-0.2, 0) is 5.41 Å². The first-order valence-electron chi connectivity index (χ1n) is 7.72. The number of hydrogen-bond donors (Lipinski definition) is 1. The first-order valence-corrected chi connectivity index (χ1v) is 8.49. The SMILES string of the molecule is OSc1ccc(C23CCCC4CC(CC2C4)C3)cc1. The molecule has 3 saturated carbocycles. The lowest BCUT2D eigenvalue weighted by Crippen LogP contribution is -2.29. The number of rotatable bonds is 2. The van der Waals surface area contributed by atoms with Crippen LogP contribution in [0.3, 0.4) is 0 Å². The van der Waals surface area contributed by atoms with Gasteiger partial charge in [0, 0.05) is 16.9 Å². The lowest BCUT2D eigenvalue weighted by molar-refractivity contribution is 0.245. The maximum absolute atomic E-state index is 9.13. The van der Waals surface area contributed by atoms with Gasteiger partial charge >= 0.3 is 0 Å². The smallest absolute Gasteiger partial charge is 0.0351 e. The van der Waals surface area contributed by atoms with Crippen LogP contribution in [0.4, 0.5) is 0 Å². The van der Waals surface area contributed by atoms with Crippen molar-refractivity contribution in [2.45, 2.75) is 55.3 Å². The van der Waals surface area contributed by atoms with Crippen molar-refractivity contribution in [3.8, 4) is 0 Å². The minimum Gasteiger partial charge on any atom is -0.325 e. The fourth-order valence-corrected chi connectivity index (χ4v) is 5.72. The molecule has 4 unspecified atom stereocenters. The summed E-state index contributed by atoms with van der Waals surface area (Å²) in [5.41, 5.74) is 2.04. The van der Waals surface area contributed by atoms with Gasteiger partial charge in [0.15, 0.2) is 0 Å². The van der Waals surface area contributed by atoms with Crippen LogP contribution in [0.2, 0.25) is 0 Å². The summed E-state index contributed by atoms with van der Waals surface area (Å²) in [6.45, 7) is 0. The van der Waals surface area contributed by atoms with Crippen molar-refractivity contribution >= 4 is 12.0 Å². The number of benzene rings is 1. The van der Waals surface area contributed by atoms with Crippen LogP contribution in [0.5, 0.6) is 0 Å². The molecule has 1 aromatic carbocycles. The lowest BCUT2D eigenvalue weighted by atomic mass is 9.69. The molecule has 3 aliphatic rings. The van der Waals surface area contributed by atoms with E-state index in [-0.39, 0.29) is 0 Å². The Morgan fingerprint density at radius 1 is 1.05 bits per heavy atom. The van der Waals surface area contributed by atoms with Gasteiger partial charge in [-0.05, 0) is 73.0 Å². The molecule has 4 rings (SSSR count). The Kier molecular flexibility index (Phi) is 2.93. The predicted molar refractivity (Wildman–Crippen MR) is 79.4 cm³/mol. The highest BCUT2D eigenvalue weighted by Crippen LogP contribution is 2.61. The summed E-state index contributed by atoms with van der Waals surface area (Å²) in [5.74, 6) is 2.96. The molecule has 0 saturated heterocycles. The molecule has 0 radical (unpaired) electrons. The van der Waals surface area contributed by atoms with Gasteiger partial charge in [0.05, 0.1) is 0 Å².